The summed E-state index contributed by atoms with van der Waals surface area (Å²) in [6.07, 6.45) is 0. The van der Waals surface area contributed by atoms with Gasteiger partial charge in [0.05, 0.1) is 17.3 Å². The van der Waals surface area contributed by atoms with Crippen LogP contribution < -0.4 is 0 Å². The summed E-state index contributed by atoms with van der Waals surface area (Å²) < 4.78 is 0. The average molecular weight is 265 g/mol. The number of aryl methyl sites for hydroxylation is 1. The molecule has 3 nitrogen and oxygen atoms in total. The highest BCUT2D eigenvalue weighted by atomic mass is 15.1. The predicted molar refractivity (Wildman–Crippen MR) is 79.9 cm³/mol. The molecule has 1 heterocycles. The molecular weight excluding hydrogens is 246 g/mol. The molecule has 0 saturated heterocycles. The van der Waals surface area contributed by atoms with Gasteiger partial charge in [0.2, 0.25) is 0 Å². The normalized spacial score (nSPS) is 10.5. The van der Waals surface area contributed by atoms with Crippen molar-refractivity contribution in [2.24, 2.45) is 0 Å². The van der Waals surface area contributed by atoms with Crippen molar-refractivity contribution in [1.29, 1.82) is 5.26 Å². The zero-order valence-electron chi connectivity index (χ0n) is 12.0. The average Bonchev–Trinajstić information content (AvgIpc) is 2.47. The fraction of sp³-hybridized carbons (Fsp3) is 0.294. The van der Waals surface area contributed by atoms with Crippen molar-refractivity contribution < 1.29 is 0 Å². The van der Waals surface area contributed by atoms with Gasteiger partial charge in [-0.15, -0.1) is 0 Å². The fourth-order valence-electron chi connectivity index (χ4n) is 2.20. The number of hydrogen-bond acceptors (Lipinski definition) is 3. The van der Waals surface area contributed by atoms with Gasteiger partial charge < -0.3 is 0 Å². The zero-order valence-corrected chi connectivity index (χ0v) is 12.0. The predicted octanol–water partition coefficient (Wildman–Crippen LogP) is 3.28. The van der Waals surface area contributed by atoms with E-state index in [0.717, 1.165) is 42.1 Å². The van der Waals surface area contributed by atoms with Crippen LogP contribution in [0, 0.1) is 18.3 Å². The molecule has 0 aliphatic carbocycles. The highest BCUT2D eigenvalue weighted by Crippen LogP contribution is 2.12. The third kappa shape index (κ3) is 3.66. The van der Waals surface area contributed by atoms with Gasteiger partial charge in [0.25, 0.3) is 0 Å². The van der Waals surface area contributed by atoms with Gasteiger partial charge in [-0.05, 0) is 37.2 Å². The lowest BCUT2D eigenvalue weighted by Gasteiger charge is -2.20. The molecule has 0 amide bonds. The molecule has 0 aliphatic rings. The summed E-state index contributed by atoms with van der Waals surface area (Å²) in [4.78, 5) is 6.83. The van der Waals surface area contributed by atoms with Gasteiger partial charge >= 0.3 is 0 Å². The standard InChI is InChI=1S/C17H19N3/c1-3-20(13-17-10-6-7-14(2)19-17)12-16-9-5-4-8-15(16)11-18/h4-10H,3,12-13H2,1-2H3. The lowest BCUT2D eigenvalue weighted by molar-refractivity contribution is 0.268. The number of nitriles is 1. The number of aromatic nitrogens is 1. The first-order valence-electron chi connectivity index (χ1n) is 6.86. The van der Waals surface area contributed by atoms with Crippen molar-refractivity contribution in [1.82, 2.24) is 9.88 Å². The molecule has 0 atom stereocenters. The summed E-state index contributed by atoms with van der Waals surface area (Å²) in [5.74, 6) is 0. The number of nitrogens with zero attached hydrogens (tertiary/aromatic N) is 3. The molecule has 102 valence electrons. The molecule has 0 fully saturated rings. The highest BCUT2D eigenvalue weighted by molar-refractivity contribution is 5.37. The van der Waals surface area contributed by atoms with Crippen molar-refractivity contribution in [3.8, 4) is 6.07 Å². The Morgan fingerprint density at radius 2 is 1.90 bits per heavy atom. The van der Waals surface area contributed by atoms with E-state index in [0.29, 0.717) is 0 Å². The number of hydrogen-bond donors (Lipinski definition) is 0. The maximum absolute atomic E-state index is 9.15. The van der Waals surface area contributed by atoms with Crippen LogP contribution >= 0.6 is 0 Å². The molecule has 0 N–H and O–H groups in total. The molecule has 20 heavy (non-hydrogen) atoms. The molecule has 0 unspecified atom stereocenters. The molecule has 0 saturated carbocycles. The fourth-order valence-corrected chi connectivity index (χ4v) is 2.20. The second kappa shape index (κ2) is 6.83. The van der Waals surface area contributed by atoms with E-state index in [9.17, 15) is 0 Å². The first-order valence-corrected chi connectivity index (χ1v) is 6.86. The van der Waals surface area contributed by atoms with Gasteiger partial charge in [0, 0.05) is 18.8 Å². The second-order valence-corrected chi connectivity index (χ2v) is 4.84. The Balaban J connectivity index is 2.11. The van der Waals surface area contributed by atoms with E-state index in [2.05, 4.69) is 22.9 Å². The Hall–Kier alpha value is -2.18. The number of pyridine rings is 1. The third-order valence-corrected chi connectivity index (χ3v) is 3.31. The van der Waals surface area contributed by atoms with E-state index in [1.165, 1.54) is 0 Å². The summed E-state index contributed by atoms with van der Waals surface area (Å²) in [5, 5.41) is 9.15. The molecule has 1 aromatic carbocycles. The molecule has 0 aliphatic heterocycles. The minimum absolute atomic E-state index is 0.753. The molecule has 2 aromatic rings. The summed E-state index contributed by atoms with van der Waals surface area (Å²) >= 11 is 0. The van der Waals surface area contributed by atoms with Crippen LogP contribution in [0.3, 0.4) is 0 Å². The van der Waals surface area contributed by atoms with E-state index in [1.807, 2.05) is 49.4 Å². The molecular formula is C17H19N3. The second-order valence-electron chi connectivity index (χ2n) is 4.84. The maximum atomic E-state index is 9.15. The van der Waals surface area contributed by atoms with Crippen LogP contribution in [-0.4, -0.2) is 16.4 Å². The molecule has 0 radical (unpaired) electrons. The Morgan fingerprint density at radius 1 is 1.10 bits per heavy atom. The monoisotopic (exact) mass is 265 g/mol. The van der Waals surface area contributed by atoms with Gasteiger partial charge in [-0.1, -0.05) is 31.2 Å². The molecule has 0 bridgehead atoms. The lowest BCUT2D eigenvalue weighted by Crippen LogP contribution is -2.23. The van der Waals surface area contributed by atoms with E-state index < -0.39 is 0 Å². The number of benzene rings is 1. The van der Waals surface area contributed by atoms with Crippen molar-refractivity contribution in [3.63, 3.8) is 0 Å². The molecule has 3 heteroatoms. The van der Waals surface area contributed by atoms with Crippen LogP contribution in [0.5, 0.6) is 0 Å². The Morgan fingerprint density at radius 3 is 2.60 bits per heavy atom. The first-order chi connectivity index (χ1) is 9.72. The maximum Gasteiger partial charge on any atom is 0.0995 e. The molecule has 0 spiro atoms. The summed E-state index contributed by atoms with van der Waals surface area (Å²) in [7, 11) is 0. The van der Waals surface area contributed by atoms with Crippen LogP contribution in [-0.2, 0) is 13.1 Å². The number of rotatable bonds is 5. The zero-order chi connectivity index (χ0) is 14.4. The summed E-state index contributed by atoms with van der Waals surface area (Å²) in [5.41, 5.74) is 3.94. The Labute approximate surface area is 120 Å². The van der Waals surface area contributed by atoms with E-state index in [1.54, 1.807) is 0 Å². The highest BCUT2D eigenvalue weighted by Gasteiger charge is 2.08. The van der Waals surface area contributed by atoms with Gasteiger partial charge in [-0.3, -0.25) is 9.88 Å². The van der Waals surface area contributed by atoms with Crippen LogP contribution in [0.15, 0.2) is 42.5 Å². The van der Waals surface area contributed by atoms with Crippen molar-refractivity contribution in [2.75, 3.05) is 6.54 Å². The van der Waals surface area contributed by atoms with E-state index in [-0.39, 0.29) is 0 Å². The van der Waals surface area contributed by atoms with Crippen LogP contribution in [0.1, 0.15) is 29.4 Å². The first kappa shape index (κ1) is 14.2. The van der Waals surface area contributed by atoms with Crippen molar-refractivity contribution >= 4 is 0 Å². The minimum Gasteiger partial charge on any atom is -0.293 e. The van der Waals surface area contributed by atoms with E-state index in [4.69, 9.17) is 5.26 Å². The minimum atomic E-state index is 0.753. The van der Waals surface area contributed by atoms with Crippen LogP contribution in [0.2, 0.25) is 0 Å². The largest absolute Gasteiger partial charge is 0.293 e. The SMILES string of the molecule is CCN(Cc1cccc(C)n1)Cc1ccccc1C#N. The third-order valence-electron chi connectivity index (χ3n) is 3.31. The van der Waals surface area contributed by atoms with Crippen molar-refractivity contribution in [2.45, 2.75) is 26.9 Å². The summed E-state index contributed by atoms with van der Waals surface area (Å²) in [6.45, 7) is 6.64. The quantitative estimate of drug-likeness (QED) is 0.833. The lowest BCUT2D eigenvalue weighted by atomic mass is 10.1. The van der Waals surface area contributed by atoms with Gasteiger partial charge in [-0.2, -0.15) is 5.26 Å². The Kier molecular flexibility index (Phi) is 4.86. The van der Waals surface area contributed by atoms with Crippen molar-refractivity contribution in [3.05, 3.63) is 65.0 Å². The van der Waals surface area contributed by atoms with Crippen LogP contribution in [0.4, 0.5) is 0 Å². The molecule has 1 aromatic heterocycles. The molecule has 2 rings (SSSR count). The van der Waals surface area contributed by atoms with E-state index >= 15 is 0 Å². The summed E-state index contributed by atoms with van der Waals surface area (Å²) in [6, 6.07) is 16.1. The van der Waals surface area contributed by atoms with Gasteiger partial charge in [0.1, 0.15) is 0 Å². The smallest absolute Gasteiger partial charge is 0.0995 e. The van der Waals surface area contributed by atoms with Gasteiger partial charge in [-0.25, -0.2) is 0 Å². The Bertz CT molecular complexity index is 614. The van der Waals surface area contributed by atoms with Crippen LogP contribution in [0.25, 0.3) is 0 Å². The van der Waals surface area contributed by atoms with Gasteiger partial charge in [0.15, 0.2) is 0 Å². The topological polar surface area (TPSA) is 39.9 Å².